The number of amides is 1. The summed E-state index contributed by atoms with van der Waals surface area (Å²) in [7, 11) is 1.61. The van der Waals surface area contributed by atoms with E-state index in [1.165, 1.54) is 11.8 Å². The van der Waals surface area contributed by atoms with Crippen molar-refractivity contribution >= 4 is 17.7 Å². The smallest absolute Gasteiger partial charge is 0.248 e. The van der Waals surface area contributed by atoms with Crippen molar-refractivity contribution in [3.05, 3.63) is 59.7 Å². The molecule has 0 aliphatic rings. The van der Waals surface area contributed by atoms with Gasteiger partial charge in [-0.25, -0.2) is 0 Å². The molecular formula is C16H15N5O2S. The van der Waals surface area contributed by atoms with Crippen molar-refractivity contribution in [2.45, 2.75) is 10.9 Å². The lowest BCUT2D eigenvalue weighted by Gasteiger charge is -2.09. The number of primary amides is 1. The molecule has 2 N–H and O–H groups in total. The van der Waals surface area contributed by atoms with E-state index in [1.54, 1.807) is 23.9 Å². The van der Waals surface area contributed by atoms with Crippen molar-refractivity contribution in [1.82, 2.24) is 20.2 Å². The van der Waals surface area contributed by atoms with Gasteiger partial charge in [-0.2, -0.15) is 4.68 Å². The van der Waals surface area contributed by atoms with Gasteiger partial charge in [0.2, 0.25) is 11.1 Å². The maximum atomic E-state index is 11.1. The molecule has 0 radical (unpaired) electrons. The number of tetrazole rings is 1. The molecular weight excluding hydrogens is 326 g/mol. The predicted molar refractivity (Wildman–Crippen MR) is 90.2 cm³/mol. The van der Waals surface area contributed by atoms with Gasteiger partial charge in [0.1, 0.15) is 11.4 Å². The van der Waals surface area contributed by atoms with E-state index in [-0.39, 0.29) is 0 Å². The number of rotatable bonds is 6. The molecule has 122 valence electrons. The highest BCUT2D eigenvalue weighted by atomic mass is 32.2. The fourth-order valence-corrected chi connectivity index (χ4v) is 2.98. The molecule has 1 heterocycles. The van der Waals surface area contributed by atoms with Crippen molar-refractivity contribution in [3.63, 3.8) is 0 Å². The summed E-state index contributed by atoms with van der Waals surface area (Å²) in [5, 5.41) is 12.5. The Kier molecular flexibility index (Phi) is 4.76. The minimum atomic E-state index is -0.436. The molecule has 0 unspecified atom stereocenters. The summed E-state index contributed by atoms with van der Waals surface area (Å²) in [5.74, 6) is 0.918. The summed E-state index contributed by atoms with van der Waals surface area (Å²) in [6.45, 7) is 0. The van der Waals surface area contributed by atoms with Crippen LogP contribution in [0.15, 0.2) is 53.7 Å². The van der Waals surface area contributed by atoms with Crippen LogP contribution in [0.4, 0.5) is 0 Å². The number of ether oxygens (including phenoxy) is 1. The average molecular weight is 341 g/mol. The zero-order valence-electron chi connectivity index (χ0n) is 12.9. The number of hydrogen-bond acceptors (Lipinski definition) is 6. The number of benzene rings is 2. The Morgan fingerprint density at radius 1 is 1.21 bits per heavy atom. The topological polar surface area (TPSA) is 95.9 Å². The van der Waals surface area contributed by atoms with Crippen LogP contribution in [0.3, 0.4) is 0 Å². The van der Waals surface area contributed by atoms with Crippen LogP contribution in [-0.2, 0) is 5.75 Å². The third kappa shape index (κ3) is 3.38. The number of carbonyl (C=O) groups excluding carboxylic acids is 1. The van der Waals surface area contributed by atoms with Crippen LogP contribution in [-0.4, -0.2) is 33.2 Å². The number of methoxy groups -OCH3 is 1. The second-order valence-electron chi connectivity index (χ2n) is 4.89. The zero-order valence-corrected chi connectivity index (χ0v) is 13.7. The highest BCUT2D eigenvalue weighted by molar-refractivity contribution is 7.98. The van der Waals surface area contributed by atoms with Gasteiger partial charge in [0.15, 0.2) is 0 Å². The molecule has 0 spiro atoms. The molecule has 0 fully saturated rings. The molecule has 0 saturated heterocycles. The van der Waals surface area contributed by atoms with Crippen LogP contribution in [0, 0.1) is 0 Å². The van der Waals surface area contributed by atoms with E-state index >= 15 is 0 Å². The first-order chi connectivity index (χ1) is 11.7. The molecule has 0 saturated carbocycles. The van der Waals surface area contributed by atoms with Crippen LogP contribution in [0.1, 0.15) is 15.9 Å². The number of nitrogens with two attached hydrogens (primary N) is 1. The first-order valence-electron chi connectivity index (χ1n) is 7.12. The number of aromatic nitrogens is 4. The lowest BCUT2D eigenvalue weighted by molar-refractivity contribution is 0.100. The van der Waals surface area contributed by atoms with Gasteiger partial charge < -0.3 is 10.5 Å². The Bertz CT molecular complexity index is 848. The van der Waals surface area contributed by atoms with Gasteiger partial charge in [-0.3, -0.25) is 4.79 Å². The third-order valence-electron chi connectivity index (χ3n) is 3.36. The summed E-state index contributed by atoms with van der Waals surface area (Å²) in [4.78, 5) is 11.1. The van der Waals surface area contributed by atoms with Crippen LogP contribution in [0.5, 0.6) is 5.75 Å². The quantitative estimate of drug-likeness (QED) is 0.690. The summed E-state index contributed by atoms with van der Waals surface area (Å²) >= 11 is 1.49. The highest BCUT2D eigenvalue weighted by Gasteiger charge is 2.13. The lowest BCUT2D eigenvalue weighted by Crippen LogP contribution is -2.10. The van der Waals surface area contributed by atoms with Gasteiger partial charge in [-0.1, -0.05) is 36.0 Å². The van der Waals surface area contributed by atoms with E-state index in [4.69, 9.17) is 10.5 Å². The second-order valence-corrected chi connectivity index (χ2v) is 5.84. The molecule has 3 rings (SSSR count). The number of carbonyl (C=O) groups is 1. The zero-order chi connectivity index (χ0) is 16.9. The number of hydrogen-bond donors (Lipinski definition) is 1. The fourth-order valence-electron chi connectivity index (χ4n) is 2.14. The van der Waals surface area contributed by atoms with E-state index in [2.05, 4.69) is 15.5 Å². The molecule has 24 heavy (non-hydrogen) atoms. The standard InChI is InChI=1S/C16H15N5O2S/c1-23-14-5-3-2-4-13(14)21-16(18-19-20-21)24-10-11-6-8-12(9-7-11)15(17)22/h2-9H,10H2,1H3,(H2,17,22). The summed E-state index contributed by atoms with van der Waals surface area (Å²) in [6.07, 6.45) is 0. The summed E-state index contributed by atoms with van der Waals surface area (Å²) < 4.78 is 6.99. The van der Waals surface area contributed by atoms with E-state index in [9.17, 15) is 4.79 Å². The Labute approximate surface area is 142 Å². The Balaban J connectivity index is 1.77. The maximum Gasteiger partial charge on any atom is 0.248 e. The Morgan fingerprint density at radius 2 is 1.96 bits per heavy atom. The normalized spacial score (nSPS) is 10.5. The molecule has 0 aliphatic carbocycles. The van der Waals surface area contributed by atoms with Crippen molar-refractivity contribution in [1.29, 1.82) is 0 Å². The third-order valence-corrected chi connectivity index (χ3v) is 4.35. The molecule has 2 aromatic carbocycles. The first-order valence-corrected chi connectivity index (χ1v) is 8.11. The van der Waals surface area contributed by atoms with Crippen molar-refractivity contribution in [2.75, 3.05) is 7.11 Å². The fraction of sp³-hybridized carbons (Fsp3) is 0.125. The number of para-hydroxylation sites is 2. The molecule has 0 aliphatic heterocycles. The van der Waals surface area contributed by atoms with Gasteiger partial charge in [-0.15, -0.1) is 5.10 Å². The SMILES string of the molecule is COc1ccccc1-n1nnnc1SCc1ccc(C(N)=O)cc1. The van der Waals surface area contributed by atoms with Gasteiger partial charge in [-0.05, 0) is 40.3 Å². The molecule has 7 nitrogen and oxygen atoms in total. The maximum absolute atomic E-state index is 11.1. The van der Waals surface area contributed by atoms with Crippen molar-refractivity contribution in [2.24, 2.45) is 5.73 Å². The number of thioether (sulfide) groups is 1. The van der Waals surface area contributed by atoms with Crippen LogP contribution in [0.25, 0.3) is 5.69 Å². The Hall–Kier alpha value is -2.87. The van der Waals surface area contributed by atoms with E-state index in [1.807, 2.05) is 36.4 Å². The van der Waals surface area contributed by atoms with E-state index in [0.29, 0.717) is 22.2 Å². The summed E-state index contributed by atoms with van der Waals surface area (Å²) in [5.41, 5.74) is 7.55. The van der Waals surface area contributed by atoms with Crippen LogP contribution in [0.2, 0.25) is 0 Å². The molecule has 1 amide bonds. The van der Waals surface area contributed by atoms with E-state index in [0.717, 1.165) is 11.3 Å². The first kappa shape index (κ1) is 16.0. The van der Waals surface area contributed by atoms with Gasteiger partial charge in [0, 0.05) is 11.3 Å². The monoisotopic (exact) mass is 341 g/mol. The average Bonchev–Trinajstić information content (AvgIpc) is 3.08. The molecule has 8 heteroatoms. The minimum absolute atomic E-state index is 0.436. The lowest BCUT2D eigenvalue weighted by atomic mass is 10.1. The van der Waals surface area contributed by atoms with Crippen molar-refractivity contribution in [3.8, 4) is 11.4 Å². The van der Waals surface area contributed by atoms with Crippen LogP contribution >= 0.6 is 11.8 Å². The summed E-state index contributed by atoms with van der Waals surface area (Å²) in [6, 6.07) is 14.7. The largest absolute Gasteiger partial charge is 0.494 e. The van der Waals surface area contributed by atoms with Gasteiger partial charge in [0.25, 0.3) is 0 Å². The predicted octanol–water partition coefficient (Wildman–Crippen LogP) is 2.06. The molecule has 0 bridgehead atoms. The van der Waals surface area contributed by atoms with E-state index < -0.39 is 5.91 Å². The van der Waals surface area contributed by atoms with Gasteiger partial charge in [0.05, 0.1) is 7.11 Å². The van der Waals surface area contributed by atoms with Crippen molar-refractivity contribution < 1.29 is 9.53 Å². The van der Waals surface area contributed by atoms with Crippen LogP contribution < -0.4 is 10.5 Å². The minimum Gasteiger partial charge on any atom is -0.494 e. The van der Waals surface area contributed by atoms with Gasteiger partial charge >= 0.3 is 0 Å². The second kappa shape index (κ2) is 7.14. The highest BCUT2D eigenvalue weighted by Crippen LogP contribution is 2.27. The molecule has 1 aromatic heterocycles. The molecule has 0 atom stereocenters. The molecule has 3 aromatic rings. The Morgan fingerprint density at radius 3 is 2.67 bits per heavy atom. The number of nitrogens with zero attached hydrogens (tertiary/aromatic N) is 4.